The van der Waals surface area contributed by atoms with Gasteiger partial charge in [-0.25, -0.2) is 4.79 Å². The van der Waals surface area contributed by atoms with Crippen LogP contribution in [0.15, 0.2) is 78.9 Å². The number of hydrogen-bond acceptors (Lipinski definition) is 4. The molecule has 3 aromatic carbocycles. The van der Waals surface area contributed by atoms with Gasteiger partial charge in [-0.2, -0.15) is 0 Å². The van der Waals surface area contributed by atoms with Crippen molar-refractivity contribution >= 4 is 47.6 Å². The molecule has 7 nitrogen and oxygen atoms in total. The molecule has 1 atom stereocenters. The van der Waals surface area contributed by atoms with Crippen molar-refractivity contribution in [2.45, 2.75) is 62.8 Å². The normalized spacial score (nSPS) is 19.3. The fraction of sp³-hybridized carbons (Fsp3) is 0.444. The summed E-state index contributed by atoms with van der Waals surface area (Å²) in [6, 6.07) is 25.9. The molecule has 0 radical (unpaired) electrons. The minimum Gasteiger partial charge on any atom is -0.450 e. The Morgan fingerprint density at radius 1 is 0.891 bits per heavy atom. The van der Waals surface area contributed by atoms with Crippen LogP contribution in [0.3, 0.4) is 0 Å². The van der Waals surface area contributed by atoms with Crippen molar-refractivity contribution in [1.82, 2.24) is 15.1 Å². The summed E-state index contributed by atoms with van der Waals surface area (Å²) in [6.07, 6.45) is 6.02. The van der Waals surface area contributed by atoms with Crippen molar-refractivity contribution < 1.29 is 19.8 Å². The Kier molecular flexibility index (Phi) is 14.2. The van der Waals surface area contributed by atoms with Crippen LogP contribution in [0.2, 0.25) is 10.0 Å². The van der Waals surface area contributed by atoms with Crippen molar-refractivity contribution in [2.24, 2.45) is 0 Å². The Bertz CT molecular complexity index is 1400. The van der Waals surface area contributed by atoms with Gasteiger partial charge < -0.3 is 25.3 Å². The second-order valence-electron chi connectivity index (χ2n) is 12.3. The SMILES string of the molecule is CCOC(=O)NC1(Cc2ccccc2)CCN(CCCC2(c3ccc(Cl)c(Cl)c3)CCCN(C(=O)c3ccccc3)C2)CC1.Cl.O. The number of alkyl carbamates (subject to hydrolysis) is 1. The fourth-order valence-corrected chi connectivity index (χ4v) is 7.34. The van der Waals surface area contributed by atoms with E-state index in [0.29, 0.717) is 23.2 Å². The zero-order valence-corrected chi connectivity index (χ0v) is 28.8. The third-order valence-electron chi connectivity index (χ3n) is 9.39. The summed E-state index contributed by atoms with van der Waals surface area (Å²) in [4.78, 5) is 30.5. The number of nitrogens with one attached hydrogen (secondary N) is 1. The molecule has 0 spiro atoms. The number of hydrogen-bond donors (Lipinski definition) is 1. The third-order valence-corrected chi connectivity index (χ3v) is 10.1. The van der Waals surface area contributed by atoms with Gasteiger partial charge >= 0.3 is 6.09 Å². The fourth-order valence-electron chi connectivity index (χ4n) is 7.04. The molecule has 2 aliphatic heterocycles. The van der Waals surface area contributed by atoms with E-state index in [9.17, 15) is 9.59 Å². The topological polar surface area (TPSA) is 93.4 Å². The average molecular weight is 691 g/mol. The van der Waals surface area contributed by atoms with Gasteiger partial charge in [0.2, 0.25) is 0 Å². The quantitative estimate of drug-likeness (QED) is 0.241. The van der Waals surface area contributed by atoms with Gasteiger partial charge in [0.25, 0.3) is 5.91 Å². The Balaban J connectivity index is 0.00000288. The summed E-state index contributed by atoms with van der Waals surface area (Å²) in [7, 11) is 0. The second kappa shape index (κ2) is 17.4. The number of rotatable bonds is 10. The number of likely N-dealkylation sites (tertiary alicyclic amines) is 2. The second-order valence-corrected chi connectivity index (χ2v) is 13.2. The van der Waals surface area contributed by atoms with Gasteiger partial charge in [-0.1, -0.05) is 77.8 Å². The number of halogens is 3. The van der Waals surface area contributed by atoms with E-state index in [1.165, 1.54) is 5.56 Å². The average Bonchev–Trinajstić information content (AvgIpc) is 3.04. The molecule has 0 bridgehead atoms. The molecule has 1 unspecified atom stereocenters. The number of nitrogens with zero attached hydrogens (tertiary/aromatic N) is 2. The minimum absolute atomic E-state index is 0. The first-order valence-electron chi connectivity index (χ1n) is 15.8. The molecule has 46 heavy (non-hydrogen) atoms. The highest BCUT2D eigenvalue weighted by molar-refractivity contribution is 6.42. The Morgan fingerprint density at radius 3 is 2.22 bits per heavy atom. The first-order chi connectivity index (χ1) is 21.3. The molecule has 0 aromatic heterocycles. The number of carbonyl (C=O) groups is 2. The van der Waals surface area contributed by atoms with E-state index >= 15 is 0 Å². The lowest BCUT2D eigenvalue weighted by molar-refractivity contribution is 0.0616. The van der Waals surface area contributed by atoms with Gasteiger partial charge in [0.15, 0.2) is 0 Å². The van der Waals surface area contributed by atoms with Crippen LogP contribution in [0.25, 0.3) is 0 Å². The molecule has 10 heteroatoms. The van der Waals surface area contributed by atoms with Gasteiger partial charge in [-0.3, -0.25) is 4.79 Å². The zero-order valence-electron chi connectivity index (χ0n) is 26.5. The molecule has 3 N–H and O–H groups in total. The Labute approximate surface area is 289 Å². The number of carbonyl (C=O) groups excluding carboxylic acids is 2. The van der Waals surface area contributed by atoms with Crippen LogP contribution in [-0.2, 0) is 16.6 Å². The molecular weight excluding hydrogens is 645 g/mol. The highest BCUT2D eigenvalue weighted by Gasteiger charge is 2.40. The van der Waals surface area contributed by atoms with Gasteiger partial charge in [0.1, 0.15) is 0 Å². The molecule has 2 aliphatic rings. The molecule has 2 amide bonds. The largest absolute Gasteiger partial charge is 0.450 e. The van der Waals surface area contributed by atoms with E-state index in [0.717, 1.165) is 82.3 Å². The lowest BCUT2D eigenvalue weighted by atomic mass is 9.70. The summed E-state index contributed by atoms with van der Waals surface area (Å²) >= 11 is 12.8. The number of ether oxygens (including phenoxy) is 1. The van der Waals surface area contributed by atoms with E-state index in [4.69, 9.17) is 27.9 Å². The van der Waals surface area contributed by atoms with Gasteiger partial charge in [0, 0.05) is 42.7 Å². The van der Waals surface area contributed by atoms with Crippen LogP contribution in [0.5, 0.6) is 0 Å². The van der Waals surface area contributed by atoms with Crippen LogP contribution >= 0.6 is 35.6 Å². The van der Waals surface area contributed by atoms with Crippen molar-refractivity contribution in [3.05, 3.63) is 106 Å². The van der Waals surface area contributed by atoms with Crippen LogP contribution in [0.1, 0.15) is 66.9 Å². The molecule has 0 saturated carbocycles. The smallest absolute Gasteiger partial charge is 0.407 e. The molecule has 5 rings (SSSR count). The summed E-state index contributed by atoms with van der Waals surface area (Å²) in [5, 5.41) is 4.32. The zero-order chi connectivity index (χ0) is 31.0. The van der Waals surface area contributed by atoms with Gasteiger partial charge in [-0.05, 0) is 93.8 Å². The van der Waals surface area contributed by atoms with Crippen molar-refractivity contribution in [3.63, 3.8) is 0 Å². The third kappa shape index (κ3) is 9.39. The Hall–Kier alpha value is -2.81. The number of amides is 2. The summed E-state index contributed by atoms with van der Waals surface area (Å²) in [6.45, 7) is 6.35. The highest BCUT2D eigenvalue weighted by Crippen LogP contribution is 2.41. The molecule has 2 fully saturated rings. The van der Waals surface area contributed by atoms with E-state index < -0.39 is 0 Å². The predicted octanol–water partition coefficient (Wildman–Crippen LogP) is 7.37. The van der Waals surface area contributed by atoms with Crippen LogP contribution < -0.4 is 5.32 Å². The van der Waals surface area contributed by atoms with Crippen LogP contribution in [-0.4, -0.2) is 72.1 Å². The van der Waals surface area contributed by atoms with E-state index in [1.54, 1.807) is 0 Å². The van der Waals surface area contributed by atoms with Crippen molar-refractivity contribution in [1.29, 1.82) is 0 Å². The molecule has 2 heterocycles. The summed E-state index contributed by atoms with van der Waals surface area (Å²) in [5.74, 6) is 0.0784. The predicted molar refractivity (Wildman–Crippen MR) is 189 cm³/mol. The number of piperidine rings is 2. The van der Waals surface area contributed by atoms with Crippen LogP contribution in [0.4, 0.5) is 4.79 Å². The van der Waals surface area contributed by atoms with Crippen molar-refractivity contribution in [2.75, 3.05) is 39.3 Å². The van der Waals surface area contributed by atoms with Gasteiger partial charge in [0.05, 0.1) is 16.7 Å². The molecular formula is C36H46Cl3N3O4. The summed E-state index contributed by atoms with van der Waals surface area (Å²) in [5.41, 5.74) is 2.56. The maximum atomic E-state index is 13.5. The minimum atomic E-state index is -0.340. The maximum absolute atomic E-state index is 13.5. The maximum Gasteiger partial charge on any atom is 0.407 e. The van der Waals surface area contributed by atoms with Crippen LogP contribution in [0, 0.1) is 0 Å². The lowest BCUT2D eigenvalue weighted by Crippen LogP contribution is -2.57. The Morgan fingerprint density at radius 2 is 1.57 bits per heavy atom. The standard InChI is InChI=1S/C36H43Cl2N3O3.ClH.H2O/c1-2-44-34(43)39-36(26-28-11-5-3-6-12-28)19-23-40(24-20-36)21-9-17-35(30-15-16-31(37)32(38)25-30)18-10-22-41(27-35)33(42)29-13-7-4-8-14-29;;/h3-8,11-16,25H,2,9-10,17-24,26-27H2,1H3,(H,39,43);1H;1H2. The molecule has 3 aromatic rings. The van der Waals surface area contributed by atoms with E-state index in [1.807, 2.05) is 72.5 Å². The van der Waals surface area contributed by atoms with E-state index in [2.05, 4.69) is 28.4 Å². The van der Waals surface area contributed by atoms with Crippen molar-refractivity contribution in [3.8, 4) is 0 Å². The number of benzene rings is 3. The highest BCUT2D eigenvalue weighted by atomic mass is 35.5. The van der Waals surface area contributed by atoms with E-state index in [-0.39, 0.29) is 40.8 Å². The monoisotopic (exact) mass is 689 g/mol. The molecule has 2 saturated heterocycles. The van der Waals surface area contributed by atoms with Gasteiger partial charge in [-0.15, -0.1) is 12.4 Å². The first kappa shape index (κ1) is 37.6. The lowest BCUT2D eigenvalue weighted by Gasteiger charge is -2.45. The first-order valence-corrected chi connectivity index (χ1v) is 16.6. The molecule has 0 aliphatic carbocycles. The summed E-state index contributed by atoms with van der Waals surface area (Å²) < 4.78 is 5.28. The molecule has 250 valence electrons.